The summed E-state index contributed by atoms with van der Waals surface area (Å²) in [6.45, 7) is 9.65. The molecule has 0 saturated heterocycles. The number of carbonyl (C=O) groups is 1. The van der Waals surface area contributed by atoms with E-state index in [-0.39, 0.29) is 17.8 Å². The second-order valence-electron chi connectivity index (χ2n) is 8.01. The number of hydrogen-bond acceptors (Lipinski definition) is 5. The van der Waals surface area contributed by atoms with E-state index in [1.807, 2.05) is 46.8 Å². The summed E-state index contributed by atoms with van der Waals surface area (Å²) >= 11 is 0. The number of hydrogen-bond donors (Lipinski definition) is 0. The average molecular weight is 368 g/mol. The van der Waals surface area contributed by atoms with E-state index >= 15 is 0 Å². The molecule has 0 saturated carbocycles. The van der Waals surface area contributed by atoms with Crippen molar-refractivity contribution in [2.75, 3.05) is 0 Å². The van der Waals surface area contributed by atoms with Gasteiger partial charge in [0.2, 0.25) is 0 Å². The molecule has 0 unspecified atom stereocenters. The van der Waals surface area contributed by atoms with Gasteiger partial charge in [-0.05, 0) is 44.9 Å². The van der Waals surface area contributed by atoms with Crippen LogP contribution in [0.15, 0.2) is 21.4 Å². The molecule has 0 N–H and O–H groups in total. The number of benzene rings is 1. The van der Waals surface area contributed by atoms with Gasteiger partial charge in [-0.25, -0.2) is 4.79 Å². The van der Waals surface area contributed by atoms with Crippen LogP contribution in [0.4, 0.5) is 0 Å². The van der Waals surface area contributed by atoms with Crippen LogP contribution < -0.4 is 15.1 Å². The number of ketones is 1. The molecule has 4 rings (SSSR count). The van der Waals surface area contributed by atoms with E-state index in [9.17, 15) is 9.59 Å². The topological polar surface area (TPSA) is 65.7 Å². The second kappa shape index (κ2) is 5.98. The zero-order valence-corrected chi connectivity index (χ0v) is 16.3. The zero-order valence-electron chi connectivity index (χ0n) is 16.3. The first kappa shape index (κ1) is 17.8. The SMILES string of the molecule is CCCc1cc(=O)oc2c3c(c4c(c12)O[C@H](C)[C@@H](C)C4=O)OC(C)(C)C=C3. The van der Waals surface area contributed by atoms with Crippen molar-refractivity contribution >= 4 is 22.8 Å². The highest BCUT2D eigenvalue weighted by Crippen LogP contribution is 2.49. The average Bonchev–Trinajstić information content (AvgIpc) is 2.58. The Morgan fingerprint density at radius 1 is 1.15 bits per heavy atom. The molecule has 2 aliphatic heterocycles. The highest BCUT2D eigenvalue weighted by Gasteiger charge is 2.40. The first-order valence-electron chi connectivity index (χ1n) is 9.49. The van der Waals surface area contributed by atoms with E-state index in [0.717, 1.165) is 12.0 Å². The van der Waals surface area contributed by atoms with Gasteiger partial charge < -0.3 is 13.9 Å². The van der Waals surface area contributed by atoms with E-state index in [4.69, 9.17) is 13.9 Å². The van der Waals surface area contributed by atoms with Crippen molar-refractivity contribution in [1.82, 2.24) is 0 Å². The van der Waals surface area contributed by atoms with Crippen molar-refractivity contribution < 1.29 is 18.7 Å². The van der Waals surface area contributed by atoms with Crippen LogP contribution in [-0.4, -0.2) is 17.5 Å². The van der Waals surface area contributed by atoms with Crippen LogP contribution >= 0.6 is 0 Å². The summed E-state index contributed by atoms with van der Waals surface area (Å²) in [4.78, 5) is 25.4. The third kappa shape index (κ3) is 2.68. The first-order chi connectivity index (χ1) is 12.7. The van der Waals surface area contributed by atoms with Crippen molar-refractivity contribution in [3.05, 3.63) is 39.3 Å². The minimum atomic E-state index is -0.567. The normalized spacial score (nSPS) is 22.8. The van der Waals surface area contributed by atoms with Crippen molar-refractivity contribution in [2.24, 2.45) is 5.92 Å². The maximum Gasteiger partial charge on any atom is 0.336 e. The summed E-state index contributed by atoms with van der Waals surface area (Å²) in [5.41, 5.74) is 1.40. The van der Waals surface area contributed by atoms with Crippen LogP contribution in [0, 0.1) is 5.92 Å². The third-order valence-electron chi connectivity index (χ3n) is 5.42. The summed E-state index contributed by atoms with van der Waals surface area (Å²) in [6, 6.07) is 1.51. The summed E-state index contributed by atoms with van der Waals surface area (Å²) < 4.78 is 18.0. The number of aryl methyl sites for hydroxylation is 1. The van der Waals surface area contributed by atoms with Crippen LogP contribution in [-0.2, 0) is 6.42 Å². The van der Waals surface area contributed by atoms with Gasteiger partial charge in [-0.2, -0.15) is 0 Å². The van der Waals surface area contributed by atoms with E-state index in [1.165, 1.54) is 6.07 Å². The quantitative estimate of drug-likeness (QED) is 0.729. The van der Waals surface area contributed by atoms with Gasteiger partial charge in [0.25, 0.3) is 0 Å². The molecular formula is C22H24O5. The molecule has 0 spiro atoms. The van der Waals surface area contributed by atoms with Crippen LogP contribution in [0.1, 0.15) is 62.5 Å². The lowest BCUT2D eigenvalue weighted by atomic mass is 9.85. The highest BCUT2D eigenvalue weighted by molar-refractivity contribution is 6.12. The fourth-order valence-corrected chi connectivity index (χ4v) is 3.82. The Morgan fingerprint density at radius 3 is 2.59 bits per heavy atom. The van der Waals surface area contributed by atoms with Crippen LogP contribution in [0.5, 0.6) is 11.5 Å². The van der Waals surface area contributed by atoms with Crippen molar-refractivity contribution in [1.29, 1.82) is 0 Å². The van der Waals surface area contributed by atoms with Gasteiger partial charge in [0.1, 0.15) is 28.8 Å². The molecule has 0 fully saturated rings. The predicted molar refractivity (Wildman–Crippen MR) is 104 cm³/mol. The van der Waals surface area contributed by atoms with Crippen LogP contribution in [0.2, 0.25) is 0 Å². The number of fused-ring (bicyclic) bond motifs is 6. The molecule has 2 aliphatic rings. The Balaban J connectivity index is 2.18. The molecule has 5 heteroatoms. The first-order valence-corrected chi connectivity index (χ1v) is 9.49. The number of ether oxygens (including phenoxy) is 2. The Morgan fingerprint density at radius 2 is 1.89 bits per heavy atom. The monoisotopic (exact) mass is 368 g/mol. The molecule has 3 heterocycles. The molecule has 0 radical (unpaired) electrons. The van der Waals surface area contributed by atoms with Gasteiger partial charge in [0.15, 0.2) is 11.4 Å². The van der Waals surface area contributed by atoms with Gasteiger partial charge in [-0.3, -0.25) is 4.79 Å². The molecule has 1 aromatic heterocycles. The summed E-state index contributed by atoms with van der Waals surface area (Å²) in [5.74, 6) is 0.659. The highest BCUT2D eigenvalue weighted by atomic mass is 16.5. The molecule has 0 aliphatic carbocycles. The lowest BCUT2D eigenvalue weighted by Crippen LogP contribution is -2.36. The molecule has 2 atom stereocenters. The van der Waals surface area contributed by atoms with E-state index in [1.54, 1.807) is 0 Å². The Hall–Kier alpha value is -2.56. The van der Waals surface area contributed by atoms with Crippen molar-refractivity contribution in [2.45, 2.75) is 59.2 Å². The predicted octanol–water partition coefficient (Wildman–Crippen LogP) is 4.53. The number of carbonyl (C=O) groups excluding carboxylic acids is 1. The van der Waals surface area contributed by atoms with Crippen molar-refractivity contribution in [3.8, 4) is 11.5 Å². The lowest BCUT2D eigenvalue weighted by Gasteiger charge is -2.35. The lowest BCUT2D eigenvalue weighted by molar-refractivity contribution is 0.0715. The molecule has 0 bridgehead atoms. The van der Waals surface area contributed by atoms with Gasteiger partial charge in [-0.1, -0.05) is 20.3 Å². The summed E-state index contributed by atoms with van der Waals surface area (Å²) in [5, 5.41) is 0.713. The fourth-order valence-electron chi connectivity index (χ4n) is 3.82. The second-order valence-corrected chi connectivity index (χ2v) is 8.01. The molecule has 2 aromatic rings. The summed E-state index contributed by atoms with van der Waals surface area (Å²) in [6.07, 6.45) is 5.10. The molecule has 27 heavy (non-hydrogen) atoms. The third-order valence-corrected chi connectivity index (χ3v) is 5.42. The van der Waals surface area contributed by atoms with Gasteiger partial charge >= 0.3 is 5.63 Å². The maximum absolute atomic E-state index is 13.2. The van der Waals surface area contributed by atoms with Crippen LogP contribution in [0.25, 0.3) is 17.0 Å². The standard InChI is InChI=1S/C22H24O5/c1-6-7-13-10-15(23)26-19-14-8-9-22(4,5)27-20(14)17-18(24)11(2)12(3)25-21(17)16(13)19/h8-12H,6-7H2,1-5H3/t11-,12-/m1/s1. The molecular weight excluding hydrogens is 344 g/mol. The Labute approximate surface area is 158 Å². The Bertz CT molecular complexity index is 1040. The molecule has 5 nitrogen and oxygen atoms in total. The molecule has 1 aromatic carbocycles. The molecule has 142 valence electrons. The van der Waals surface area contributed by atoms with E-state index in [2.05, 4.69) is 0 Å². The minimum Gasteiger partial charge on any atom is -0.488 e. The Kier molecular flexibility index (Phi) is 3.95. The maximum atomic E-state index is 13.2. The van der Waals surface area contributed by atoms with Crippen LogP contribution in [0.3, 0.4) is 0 Å². The zero-order chi connectivity index (χ0) is 19.5. The van der Waals surface area contributed by atoms with E-state index < -0.39 is 11.2 Å². The van der Waals surface area contributed by atoms with Gasteiger partial charge in [0.05, 0.1) is 16.9 Å². The van der Waals surface area contributed by atoms with E-state index in [0.29, 0.717) is 40.0 Å². The largest absolute Gasteiger partial charge is 0.488 e. The van der Waals surface area contributed by atoms with Gasteiger partial charge in [0, 0.05) is 6.07 Å². The number of Topliss-reactive ketones (excluding diaryl/α,β-unsaturated/α-hetero) is 1. The number of rotatable bonds is 2. The fraction of sp³-hybridized carbons (Fsp3) is 0.455. The summed E-state index contributed by atoms with van der Waals surface area (Å²) in [7, 11) is 0. The minimum absolute atomic E-state index is 0.00153. The molecule has 0 amide bonds. The van der Waals surface area contributed by atoms with Crippen molar-refractivity contribution in [3.63, 3.8) is 0 Å². The van der Waals surface area contributed by atoms with Gasteiger partial charge in [-0.15, -0.1) is 0 Å². The smallest absolute Gasteiger partial charge is 0.336 e.